The van der Waals surface area contributed by atoms with E-state index in [2.05, 4.69) is 36.1 Å². The number of hydrogen-bond donors (Lipinski definition) is 2. The molecule has 0 bridgehead atoms. The van der Waals surface area contributed by atoms with E-state index in [1.165, 1.54) is 19.3 Å². The average molecular weight is 280 g/mol. The number of nitrogen functional groups attached to an aromatic ring is 1. The molecule has 0 radical (unpaired) electrons. The van der Waals surface area contributed by atoms with Crippen molar-refractivity contribution in [2.75, 3.05) is 24.2 Å². The van der Waals surface area contributed by atoms with E-state index in [1.54, 1.807) is 0 Å². The molecule has 0 spiro atoms. The molecule has 20 heavy (non-hydrogen) atoms. The van der Waals surface area contributed by atoms with Gasteiger partial charge in [-0.3, -0.25) is 0 Å². The number of nitrogens with one attached hydrogen (secondary N) is 1. The van der Waals surface area contributed by atoms with Crippen molar-refractivity contribution in [2.24, 2.45) is 5.92 Å². The summed E-state index contributed by atoms with van der Waals surface area (Å²) in [6.45, 7) is 8.08. The fraction of sp³-hybridized carbons (Fsp3) is 0.733. The minimum atomic E-state index is 0.253. The zero-order valence-electron chi connectivity index (χ0n) is 13.0. The van der Waals surface area contributed by atoms with Crippen molar-refractivity contribution >= 4 is 11.8 Å². The Bertz CT molecular complexity index is 384. The van der Waals surface area contributed by atoms with E-state index >= 15 is 0 Å². The Balaban J connectivity index is 2.55. The Morgan fingerprint density at radius 1 is 1.25 bits per heavy atom. The third-order valence-corrected chi connectivity index (χ3v) is 3.29. The molecule has 0 aliphatic heterocycles. The van der Waals surface area contributed by atoms with Crippen LogP contribution in [0.15, 0.2) is 6.07 Å². The maximum atomic E-state index is 5.79. The number of nitrogens with two attached hydrogens (primary N) is 1. The molecule has 1 atom stereocenters. The van der Waals surface area contributed by atoms with Gasteiger partial charge in [0.05, 0.1) is 6.61 Å². The molecule has 114 valence electrons. The summed E-state index contributed by atoms with van der Waals surface area (Å²) in [6, 6.07) is 1.82. The van der Waals surface area contributed by atoms with Crippen molar-refractivity contribution in [3.63, 3.8) is 0 Å². The smallest absolute Gasteiger partial charge is 0.225 e. The predicted octanol–water partition coefficient (Wildman–Crippen LogP) is 3.48. The number of ether oxygens (including phenoxy) is 1. The Kier molecular flexibility index (Phi) is 7.77. The summed E-state index contributed by atoms with van der Waals surface area (Å²) in [5, 5.41) is 3.20. The zero-order chi connectivity index (χ0) is 14.8. The van der Waals surface area contributed by atoms with E-state index in [4.69, 9.17) is 10.5 Å². The van der Waals surface area contributed by atoms with Gasteiger partial charge in [-0.1, -0.05) is 40.0 Å². The van der Waals surface area contributed by atoms with E-state index in [0.717, 1.165) is 25.2 Å². The molecule has 0 saturated heterocycles. The van der Waals surface area contributed by atoms with Crippen LogP contribution in [0.5, 0.6) is 5.88 Å². The highest BCUT2D eigenvalue weighted by molar-refractivity contribution is 5.42. The first-order valence-corrected chi connectivity index (χ1v) is 7.70. The highest BCUT2D eigenvalue weighted by atomic mass is 16.5. The van der Waals surface area contributed by atoms with Gasteiger partial charge in [0.15, 0.2) is 0 Å². The number of anilines is 2. The van der Waals surface area contributed by atoms with Gasteiger partial charge in [-0.2, -0.15) is 9.97 Å². The van der Waals surface area contributed by atoms with E-state index < -0.39 is 0 Å². The van der Waals surface area contributed by atoms with Crippen molar-refractivity contribution in [2.45, 2.75) is 52.9 Å². The lowest BCUT2D eigenvalue weighted by atomic mass is 10.0. The third kappa shape index (κ3) is 6.08. The van der Waals surface area contributed by atoms with Crippen LogP contribution in [0, 0.1) is 5.92 Å². The molecule has 1 unspecified atom stereocenters. The summed E-state index contributed by atoms with van der Waals surface area (Å²) in [5.41, 5.74) is 5.71. The van der Waals surface area contributed by atoms with Gasteiger partial charge >= 0.3 is 0 Å². The van der Waals surface area contributed by atoms with Gasteiger partial charge in [0.25, 0.3) is 0 Å². The quantitative estimate of drug-likeness (QED) is 0.686. The van der Waals surface area contributed by atoms with Crippen LogP contribution in [0.4, 0.5) is 11.8 Å². The predicted molar refractivity (Wildman–Crippen MR) is 84.0 cm³/mol. The molecule has 0 aromatic carbocycles. The summed E-state index contributed by atoms with van der Waals surface area (Å²) in [4.78, 5) is 8.28. The van der Waals surface area contributed by atoms with Crippen LogP contribution >= 0.6 is 0 Å². The minimum absolute atomic E-state index is 0.253. The first-order chi connectivity index (χ1) is 9.69. The second kappa shape index (κ2) is 9.39. The number of rotatable bonds is 10. The van der Waals surface area contributed by atoms with E-state index in [0.29, 0.717) is 18.4 Å². The van der Waals surface area contributed by atoms with Crippen LogP contribution in [0.25, 0.3) is 0 Å². The summed E-state index contributed by atoms with van der Waals surface area (Å²) in [5.74, 6) is 2.13. The Morgan fingerprint density at radius 3 is 2.70 bits per heavy atom. The fourth-order valence-corrected chi connectivity index (χ4v) is 1.96. The Hall–Kier alpha value is -1.52. The highest BCUT2D eigenvalue weighted by Crippen LogP contribution is 2.18. The van der Waals surface area contributed by atoms with Crippen LogP contribution in [0.2, 0.25) is 0 Å². The molecule has 0 saturated carbocycles. The lowest BCUT2D eigenvalue weighted by molar-refractivity contribution is 0.226. The normalized spacial score (nSPS) is 12.2. The van der Waals surface area contributed by atoms with Crippen LogP contribution in [-0.2, 0) is 0 Å². The molecule has 0 amide bonds. The topological polar surface area (TPSA) is 73.1 Å². The SMILES string of the molecule is CCCCC(CC)COc1cc(NCCC)nc(N)n1. The van der Waals surface area contributed by atoms with Gasteiger partial charge < -0.3 is 15.8 Å². The molecule has 1 heterocycles. The first-order valence-electron chi connectivity index (χ1n) is 7.70. The lowest BCUT2D eigenvalue weighted by Gasteiger charge is -2.15. The Labute approximate surface area is 122 Å². The van der Waals surface area contributed by atoms with E-state index in [9.17, 15) is 0 Å². The molecule has 1 aromatic heterocycles. The molecule has 1 aromatic rings. The van der Waals surface area contributed by atoms with Crippen LogP contribution in [0.1, 0.15) is 52.9 Å². The lowest BCUT2D eigenvalue weighted by Crippen LogP contribution is -2.13. The van der Waals surface area contributed by atoms with Crippen molar-refractivity contribution in [3.05, 3.63) is 6.07 Å². The number of nitrogens with zero attached hydrogens (tertiary/aromatic N) is 2. The highest BCUT2D eigenvalue weighted by Gasteiger charge is 2.09. The standard InChI is InChI=1S/C15H28N4O/c1-4-7-8-12(6-3)11-20-14-10-13(17-9-5-2)18-15(16)19-14/h10,12H,4-9,11H2,1-3H3,(H3,16,17,18,19). The van der Waals surface area contributed by atoms with Crippen LogP contribution < -0.4 is 15.8 Å². The summed E-state index contributed by atoms with van der Waals surface area (Å²) < 4.78 is 5.79. The number of unbranched alkanes of at least 4 members (excludes halogenated alkanes) is 1. The molecular formula is C15H28N4O. The van der Waals surface area contributed by atoms with Gasteiger partial charge in [0.2, 0.25) is 11.8 Å². The maximum Gasteiger partial charge on any atom is 0.225 e. The second-order valence-corrected chi connectivity index (χ2v) is 5.10. The van der Waals surface area contributed by atoms with Gasteiger partial charge in [0, 0.05) is 12.6 Å². The first kappa shape index (κ1) is 16.5. The zero-order valence-corrected chi connectivity index (χ0v) is 13.0. The fourth-order valence-electron chi connectivity index (χ4n) is 1.96. The maximum absolute atomic E-state index is 5.79. The van der Waals surface area contributed by atoms with Crippen molar-refractivity contribution in [1.82, 2.24) is 9.97 Å². The van der Waals surface area contributed by atoms with E-state index in [1.807, 2.05) is 6.07 Å². The molecule has 0 aliphatic rings. The molecule has 3 N–H and O–H groups in total. The second-order valence-electron chi connectivity index (χ2n) is 5.10. The van der Waals surface area contributed by atoms with Gasteiger partial charge in [-0.15, -0.1) is 0 Å². The van der Waals surface area contributed by atoms with Gasteiger partial charge in [-0.25, -0.2) is 0 Å². The largest absolute Gasteiger partial charge is 0.477 e. The Morgan fingerprint density at radius 2 is 2.05 bits per heavy atom. The number of hydrogen-bond acceptors (Lipinski definition) is 5. The minimum Gasteiger partial charge on any atom is -0.477 e. The third-order valence-electron chi connectivity index (χ3n) is 3.29. The van der Waals surface area contributed by atoms with Gasteiger partial charge in [-0.05, 0) is 18.8 Å². The molecule has 5 heteroatoms. The van der Waals surface area contributed by atoms with Crippen molar-refractivity contribution in [3.8, 4) is 5.88 Å². The number of aromatic nitrogens is 2. The molecule has 1 rings (SSSR count). The van der Waals surface area contributed by atoms with Crippen molar-refractivity contribution < 1.29 is 4.74 Å². The molecule has 0 fully saturated rings. The molecule has 0 aliphatic carbocycles. The van der Waals surface area contributed by atoms with Crippen LogP contribution in [0.3, 0.4) is 0 Å². The summed E-state index contributed by atoms with van der Waals surface area (Å²) in [6.07, 6.45) is 5.84. The van der Waals surface area contributed by atoms with Gasteiger partial charge in [0.1, 0.15) is 5.82 Å². The average Bonchev–Trinajstić information content (AvgIpc) is 2.45. The van der Waals surface area contributed by atoms with Crippen LogP contribution in [-0.4, -0.2) is 23.1 Å². The van der Waals surface area contributed by atoms with E-state index in [-0.39, 0.29) is 5.95 Å². The molecular weight excluding hydrogens is 252 g/mol. The van der Waals surface area contributed by atoms with Crippen molar-refractivity contribution in [1.29, 1.82) is 0 Å². The summed E-state index contributed by atoms with van der Waals surface area (Å²) >= 11 is 0. The summed E-state index contributed by atoms with van der Waals surface area (Å²) in [7, 11) is 0. The monoisotopic (exact) mass is 280 g/mol. The molecule has 5 nitrogen and oxygen atoms in total.